The van der Waals surface area contributed by atoms with Gasteiger partial charge in [0, 0.05) is 23.9 Å². The summed E-state index contributed by atoms with van der Waals surface area (Å²) in [6.45, 7) is 9.84. The molecule has 0 aliphatic carbocycles. The Hall–Kier alpha value is -1.62. The van der Waals surface area contributed by atoms with Crippen LogP contribution < -0.4 is 4.74 Å². The quantitative estimate of drug-likeness (QED) is 0.716. The highest BCUT2D eigenvalue weighted by atomic mass is 16.5. The van der Waals surface area contributed by atoms with Crippen molar-refractivity contribution in [3.63, 3.8) is 0 Å². The molecule has 0 bridgehead atoms. The van der Waals surface area contributed by atoms with E-state index < -0.39 is 0 Å². The van der Waals surface area contributed by atoms with Crippen LogP contribution in [0.15, 0.2) is 6.20 Å². The van der Waals surface area contributed by atoms with E-state index in [9.17, 15) is 4.79 Å². The fourth-order valence-corrected chi connectivity index (χ4v) is 2.11. The van der Waals surface area contributed by atoms with E-state index in [0.29, 0.717) is 13.2 Å². The van der Waals surface area contributed by atoms with Crippen LogP contribution in [0.4, 0.5) is 0 Å². The Kier molecular flexibility index (Phi) is 6.45. The van der Waals surface area contributed by atoms with Crippen molar-refractivity contribution < 1.29 is 14.3 Å². The summed E-state index contributed by atoms with van der Waals surface area (Å²) in [4.78, 5) is 18.0. The monoisotopic (exact) mass is 280 g/mol. The Bertz CT molecular complexity index is 461. The highest BCUT2D eigenvalue weighted by Crippen LogP contribution is 2.24. The first-order chi connectivity index (χ1) is 9.53. The molecule has 0 saturated heterocycles. The number of hydrogen-bond donors (Lipinski definition) is 0. The zero-order chi connectivity index (χ0) is 15.1. The lowest BCUT2D eigenvalue weighted by Gasteiger charge is -2.21. The number of methoxy groups -OCH3 is 1. The van der Waals surface area contributed by atoms with Gasteiger partial charge in [0.2, 0.25) is 0 Å². The molecule has 112 valence electrons. The van der Waals surface area contributed by atoms with Crippen LogP contribution in [0.3, 0.4) is 0 Å². The van der Waals surface area contributed by atoms with Crippen LogP contribution in [0.2, 0.25) is 0 Å². The average molecular weight is 280 g/mol. The second-order valence-electron chi connectivity index (χ2n) is 4.65. The van der Waals surface area contributed by atoms with Crippen molar-refractivity contribution >= 4 is 5.97 Å². The minimum absolute atomic E-state index is 0.203. The lowest BCUT2D eigenvalue weighted by Crippen LogP contribution is -2.31. The van der Waals surface area contributed by atoms with Crippen molar-refractivity contribution in [2.75, 3.05) is 26.8 Å². The van der Waals surface area contributed by atoms with Crippen molar-refractivity contribution in [1.29, 1.82) is 0 Å². The molecule has 0 aliphatic heterocycles. The Morgan fingerprint density at radius 3 is 2.60 bits per heavy atom. The second kappa shape index (κ2) is 7.85. The second-order valence-corrected chi connectivity index (χ2v) is 4.65. The van der Waals surface area contributed by atoms with Gasteiger partial charge < -0.3 is 9.47 Å². The van der Waals surface area contributed by atoms with Gasteiger partial charge in [-0.05, 0) is 27.3 Å². The Labute approximate surface area is 120 Å². The van der Waals surface area contributed by atoms with E-state index in [1.54, 1.807) is 13.3 Å². The molecule has 1 heterocycles. The van der Waals surface area contributed by atoms with Gasteiger partial charge in [0.1, 0.15) is 5.75 Å². The maximum Gasteiger partial charge on any atom is 0.320 e. The molecule has 0 aliphatic rings. The lowest BCUT2D eigenvalue weighted by atomic mass is 10.1. The van der Waals surface area contributed by atoms with Gasteiger partial charge in [0.15, 0.2) is 0 Å². The van der Waals surface area contributed by atoms with E-state index in [1.807, 2.05) is 32.6 Å². The minimum atomic E-state index is -0.203. The molecule has 1 rings (SSSR count). The molecule has 0 amide bonds. The third-order valence-electron chi connectivity index (χ3n) is 3.23. The number of aryl methyl sites for hydroxylation is 1. The Morgan fingerprint density at radius 1 is 1.35 bits per heavy atom. The number of rotatable bonds is 7. The van der Waals surface area contributed by atoms with Crippen LogP contribution in [-0.2, 0) is 16.1 Å². The number of ether oxygens (including phenoxy) is 2. The van der Waals surface area contributed by atoms with Crippen LogP contribution in [0, 0.1) is 13.8 Å². The van der Waals surface area contributed by atoms with Crippen molar-refractivity contribution in [2.45, 2.75) is 34.2 Å². The number of carbonyl (C=O) groups is 1. The standard InChI is InChI=1S/C15H24N2O3/c1-6-17(10-14(18)20-7-2)9-13-12(4)15(19-5)11(3)8-16-13/h8H,6-7,9-10H2,1-5H3. The van der Waals surface area contributed by atoms with Crippen LogP contribution in [0.5, 0.6) is 5.75 Å². The van der Waals surface area contributed by atoms with E-state index in [4.69, 9.17) is 9.47 Å². The van der Waals surface area contributed by atoms with Crippen molar-refractivity contribution in [3.8, 4) is 5.75 Å². The normalized spacial score (nSPS) is 10.7. The third-order valence-corrected chi connectivity index (χ3v) is 3.23. The van der Waals surface area contributed by atoms with Crippen molar-refractivity contribution in [2.24, 2.45) is 0 Å². The molecule has 5 nitrogen and oxygen atoms in total. The summed E-state index contributed by atoms with van der Waals surface area (Å²) in [5.41, 5.74) is 2.97. The van der Waals surface area contributed by atoms with Gasteiger partial charge in [-0.2, -0.15) is 0 Å². The van der Waals surface area contributed by atoms with E-state index in [1.165, 1.54) is 0 Å². The average Bonchev–Trinajstić information content (AvgIpc) is 2.41. The molecule has 1 aromatic rings. The van der Waals surface area contributed by atoms with E-state index >= 15 is 0 Å². The summed E-state index contributed by atoms with van der Waals surface area (Å²) in [6, 6.07) is 0. The number of pyridine rings is 1. The molecule has 0 fully saturated rings. The molecule has 0 spiro atoms. The van der Waals surface area contributed by atoms with Gasteiger partial charge in [-0.25, -0.2) is 0 Å². The largest absolute Gasteiger partial charge is 0.496 e. The Balaban J connectivity index is 2.82. The number of aromatic nitrogens is 1. The fourth-order valence-electron chi connectivity index (χ4n) is 2.11. The van der Waals surface area contributed by atoms with E-state index in [2.05, 4.69) is 4.98 Å². The van der Waals surface area contributed by atoms with Gasteiger partial charge in [0.05, 0.1) is 26.0 Å². The topological polar surface area (TPSA) is 51.7 Å². The Morgan fingerprint density at radius 2 is 2.05 bits per heavy atom. The first kappa shape index (κ1) is 16.4. The summed E-state index contributed by atoms with van der Waals surface area (Å²) in [5.74, 6) is 0.660. The number of esters is 1. The number of likely N-dealkylation sites (N-methyl/N-ethyl adjacent to an activating group) is 1. The predicted molar refractivity (Wildman–Crippen MR) is 77.8 cm³/mol. The van der Waals surface area contributed by atoms with Gasteiger partial charge in [-0.3, -0.25) is 14.7 Å². The minimum Gasteiger partial charge on any atom is -0.496 e. The SMILES string of the molecule is CCOC(=O)CN(CC)Cc1ncc(C)c(OC)c1C. The van der Waals surface area contributed by atoms with Gasteiger partial charge in [0.25, 0.3) is 0 Å². The molecule has 0 N–H and O–H groups in total. The third kappa shape index (κ3) is 4.20. The van der Waals surface area contributed by atoms with Crippen LogP contribution in [0.1, 0.15) is 30.7 Å². The van der Waals surface area contributed by atoms with Crippen molar-refractivity contribution in [1.82, 2.24) is 9.88 Å². The maximum absolute atomic E-state index is 11.6. The molecule has 0 atom stereocenters. The van der Waals surface area contributed by atoms with Crippen molar-refractivity contribution in [3.05, 3.63) is 23.0 Å². The van der Waals surface area contributed by atoms with E-state index in [-0.39, 0.29) is 12.5 Å². The molecule has 0 aromatic carbocycles. The summed E-state index contributed by atoms with van der Waals surface area (Å²) >= 11 is 0. The van der Waals surface area contributed by atoms with Gasteiger partial charge in [-0.15, -0.1) is 0 Å². The zero-order valence-electron chi connectivity index (χ0n) is 13.0. The highest BCUT2D eigenvalue weighted by molar-refractivity contribution is 5.71. The lowest BCUT2D eigenvalue weighted by molar-refractivity contribution is -0.144. The summed E-state index contributed by atoms with van der Waals surface area (Å²) in [7, 11) is 1.66. The molecule has 1 aromatic heterocycles. The van der Waals surface area contributed by atoms with Crippen LogP contribution >= 0.6 is 0 Å². The highest BCUT2D eigenvalue weighted by Gasteiger charge is 2.15. The molecular formula is C15H24N2O3. The number of hydrogen-bond acceptors (Lipinski definition) is 5. The number of carbonyl (C=O) groups excluding carboxylic acids is 1. The van der Waals surface area contributed by atoms with Crippen LogP contribution in [0.25, 0.3) is 0 Å². The first-order valence-electron chi connectivity index (χ1n) is 6.90. The summed E-state index contributed by atoms with van der Waals surface area (Å²) < 4.78 is 10.4. The van der Waals surface area contributed by atoms with E-state index in [0.717, 1.165) is 29.1 Å². The summed E-state index contributed by atoms with van der Waals surface area (Å²) in [6.07, 6.45) is 1.80. The molecular weight excluding hydrogens is 256 g/mol. The maximum atomic E-state index is 11.6. The fraction of sp³-hybridized carbons (Fsp3) is 0.600. The summed E-state index contributed by atoms with van der Waals surface area (Å²) in [5, 5.41) is 0. The van der Waals surface area contributed by atoms with Crippen LogP contribution in [-0.4, -0.2) is 42.7 Å². The molecule has 20 heavy (non-hydrogen) atoms. The van der Waals surface area contributed by atoms with Gasteiger partial charge in [-0.1, -0.05) is 6.92 Å². The molecule has 5 heteroatoms. The predicted octanol–water partition coefficient (Wildman–Crippen LogP) is 2.09. The number of nitrogens with zero attached hydrogens (tertiary/aromatic N) is 2. The van der Waals surface area contributed by atoms with Gasteiger partial charge >= 0.3 is 5.97 Å². The first-order valence-corrected chi connectivity index (χ1v) is 6.90. The molecule has 0 radical (unpaired) electrons. The molecule has 0 unspecified atom stereocenters. The smallest absolute Gasteiger partial charge is 0.320 e. The molecule has 0 saturated carbocycles. The zero-order valence-corrected chi connectivity index (χ0v) is 13.0.